The normalized spacial score (nSPS) is 9.71. The molecule has 0 heterocycles. The average Bonchev–Trinajstić information content (AvgIpc) is 2.24. The van der Waals surface area contributed by atoms with Crippen molar-refractivity contribution in [2.45, 2.75) is 27.2 Å². The van der Waals surface area contributed by atoms with Gasteiger partial charge in [-0.25, -0.2) is 0 Å². The SMILES string of the molecule is CC.CCc1ccc(N)c(C=NC)c1. The van der Waals surface area contributed by atoms with E-state index in [1.165, 1.54) is 5.56 Å². The maximum absolute atomic E-state index is 5.74. The van der Waals surface area contributed by atoms with Crippen molar-refractivity contribution >= 4 is 11.9 Å². The Balaban J connectivity index is 0.000000791. The van der Waals surface area contributed by atoms with E-state index in [0.29, 0.717) is 0 Å². The third-order valence-corrected chi connectivity index (χ3v) is 1.83. The summed E-state index contributed by atoms with van der Waals surface area (Å²) in [6, 6.07) is 6.04. The maximum atomic E-state index is 5.74. The summed E-state index contributed by atoms with van der Waals surface area (Å²) in [5.41, 5.74) is 8.83. The topological polar surface area (TPSA) is 38.4 Å². The van der Waals surface area contributed by atoms with Crippen LogP contribution in [0.4, 0.5) is 5.69 Å². The number of nitrogens with zero attached hydrogens (tertiary/aromatic N) is 1. The second-order valence-electron chi connectivity index (χ2n) is 2.70. The highest BCUT2D eigenvalue weighted by molar-refractivity contribution is 5.87. The predicted octanol–water partition coefficient (Wildman–Crippen LogP) is 2.91. The minimum absolute atomic E-state index is 0.790. The number of aliphatic imine (C=N–C) groups is 1. The first kappa shape index (κ1) is 12.7. The molecule has 0 atom stereocenters. The van der Waals surface area contributed by atoms with E-state index in [9.17, 15) is 0 Å². The van der Waals surface area contributed by atoms with E-state index >= 15 is 0 Å². The molecule has 0 saturated carbocycles. The maximum Gasteiger partial charge on any atom is 0.0403 e. The molecule has 0 aliphatic carbocycles. The molecule has 0 aliphatic rings. The fourth-order valence-electron chi connectivity index (χ4n) is 1.10. The van der Waals surface area contributed by atoms with Gasteiger partial charge in [0.1, 0.15) is 0 Å². The number of nitrogen functional groups attached to an aromatic ring is 1. The summed E-state index contributed by atoms with van der Waals surface area (Å²) < 4.78 is 0. The third-order valence-electron chi connectivity index (χ3n) is 1.83. The van der Waals surface area contributed by atoms with Gasteiger partial charge in [0.2, 0.25) is 0 Å². The smallest absolute Gasteiger partial charge is 0.0403 e. The lowest BCUT2D eigenvalue weighted by atomic mass is 10.1. The number of hydrogen-bond donors (Lipinski definition) is 1. The molecule has 2 nitrogen and oxygen atoms in total. The number of rotatable bonds is 2. The second kappa shape index (κ2) is 7.13. The number of benzene rings is 1. The molecule has 2 heteroatoms. The molecule has 0 aromatic heterocycles. The van der Waals surface area contributed by atoms with E-state index in [4.69, 9.17) is 5.73 Å². The number of aryl methyl sites for hydroxylation is 1. The standard InChI is InChI=1S/C10H14N2.C2H6/c1-3-8-4-5-10(11)9(6-8)7-12-2;1-2/h4-7H,3,11H2,1-2H3;1-2H3. The van der Waals surface area contributed by atoms with Gasteiger partial charge >= 0.3 is 0 Å². The van der Waals surface area contributed by atoms with Gasteiger partial charge < -0.3 is 5.73 Å². The van der Waals surface area contributed by atoms with Gasteiger partial charge in [-0.3, -0.25) is 4.99 Å². The molecule has 0 aliphatic heterocycles. The van der Waals surface area contributed by atoms with Gasteiger partial charge in [-0.2, -0.15) is 0 Å². The summed E-state index contributed by atoms with van der Waals surface area (Å²) in [6.07, 6.45) is 2.82. The molecule has 0 saturated heterocycles. The Bertz CT molecular complexity index is 290. The Kier molecular flexibility index (Phi) is 6.46. The van der Waals surface area contributed by atoms with Gasteiger partial charge in [0.15, 0.2) is 0 Å². The molecule has 1 rings (SSSR count). The van der Waals surface area contributed by atoms with Crippen LogP contribution in [0.1, 0.15) is 31.9 Å². The van der Waals surface area contributed by atoms with Crippen molar-refractivity contribution in [2.75, 3.05) is 12.8 Å². The zero-order chi connectivity index (χ0) is 11.0. The summed E-state index contributed by atoms with van der Waals surface area (Å²) in [5.74, 6) is 0. The number of hydrogen-bond acceptors (Lipinski definition) is 2. The van der Waals surface area contributed by atoms with Crippen molar-refractivity contribution in [1.29, 1.82) is 0 Å². The molecule has 2 N–H and O–H groups in total. The van der Waals surface area contributed by atoms with Crippen LogP contribution in [-0.2, 0) is 6.42 Å². The molecule has 14 heavy (non-hydrogen) atoms. The quantitative estimate of drug-likeness (QED) is 0.568. The molecule has 1 aromatic rings. The lowest BCUT2D eigenvalue weighted by Crippen LogP contribution is -1.94. The van der Waals surface area contributed by atoms with Crippen LogP contribution in [-0.4, -0.2) is 13.3 Å². The summed E-state index contributed by atoms with van der Waals surface area (Å²) in [7, 11) is 1.75. The molecule has 0 spiro atoms. The molecular weight excluding hydrogens is 172 g/mol. The van der Waals surface area contributed by atoms with E-state index in [2.05, 4.69) is 18.0 Å². The van der Waals surface area contributed by atoms with Crippen molar-refractivity contribution in [3.8, 4) is 0 Å². The Morgan fingerprint density at radius 3 is 2.50 bits per heavy atom. The van der Waals surface area contributed by atoms with Gasteiger partial charge in [0.25, 0.3) is 0 Å². The first-order valence-electron chi connectivity index (χ1n) is 5.08. The Morgan fingerprint density at radius 2 is 2.00 bits per heavy atom. The van der Waals surface area contributed by atoms with E-state index in [1.807, 2.05) is 26.0 Å². The van der Waals surface area contributed by atoms with Crippen LogP contribution >= 0.6 is 0 Å². The van der Waals surface area contributed by atoms with Crippen LogP contribution < -0.4 is 5.73 Å². The Labute approximate surface area is 86.9 Å². The minimum atomic E-state index is 0.790. The zero-order valence-corrected chi connectivity index (χ0v) is 9.54. The third kappa shape index (κ3) is 3.60. The Hall–Kier alpha value is -1.31. The van der Waals surface area contributed by atoms with Crippen LogP contribution in [0, 0.1) is 0 Å². The summed E-state index contributed by atoms with van der Waals surface area (Å²) >= 11 is 0. The van der Waals surface area contributed by atoms with Gasteiger partial charge in [-0.05, 0) is 24.1 Å². The van der Waals surface area contributed by atoms with Crippen LogP contribution in [0.5, 0.6) is 0 Å². The lowest BCUT2D eigenvalue weighted by Gasteiger charge is -2.01. The summed E-state index contributed by atoms with van der Waals surface area (Å²) in [5, 5.41) is 0. The fourth-order valence-corrected chi connectivity index (χ4v) is 1.10. The molecular formula is C12H20N2. The average molecular weight is 192 g/mol. The number of nitrogens with two attached hydrogens (primary N) is 1. The minimum Gasteiger partial charge on any atom is -0.398 e. The molecule has 0 bridgehead atoms. The first-order valence-corrected chi connectivity index (χ1v) is 5.08. The van der Waals surface area contributed by atoms with Gasteiger partial charge in [0.05, 0.1) is 0 Å². The highest BCUT2D eigenvalue weighted by atomic mass is 14.6. The van der Waals surface area contributed by atoms with E-state index < -0.39 is 0 Å². The van der Waals surface area contributed by atoms with Crippen molar-refractivity contribution in [3.05, 3.63) is 29.3 Å². The summed E-state index contributed by atoms with van der Waals surface area (Å²) in [6.45, 7) is 6.12. The molecule has 1 aromatic carbocycles. The van der Waals surface area contributed by atoms with Crippen molar-refractivity contribution in [1.82, 2.24) is 0 Å². The summed E-state index contributed by atoms with van der Waals surface area (Å²) in [4.78, 5) is 3.94. The molecule has 0 unspecified atom stereocenters. The first-order chi connectivity index (χ1) is 6.77. The highest BCUT2D eigenvalue weighted by Crippen LogP contribution is 2.12. The molecule has 0 amide bonds. The Morgan fingerprint density at radius 1 is 1.36 bits per heavy atom. The van der Waals surface area contributed by atoms with E-state index in [-0.39, 0.29) is 0 Å². The van der Waals surface area contributed by atoms with Crippen LogP contribution in [0.2, 0.25) is 0 Å². The monoisotopic (exact) mass is 192 g/mol. The highest BCUT2D eigenvalue weighted by Gasteiger charge is 1.96. The van der Waals surface area contributed by atoms with Crippen molar-refractivity contribution in [3.63, 3.8) is 0 Å². The largest absolute Gasteiger partial charge is 0.398 e. The molecule has 0 radical (unpaired) electrons. The zero-order valence-electron chi connectivity index (χ0n) is 9.54. The van der Waals surface area contributed by atoms with Gasteiger partial charge in [0, 0.05) is 24.5 Å². The second-order valence-corrected chi connectivity index (χ2v) is 2.70. The van der Waals surface area contributed by atoms with Crippen molar-refractivity contribution in [2.24, 2.45) is 4.99 Å². The van der Waals surface area contributed by atoms with Crippen LogP contribution in [0.15, 0.2) is 23.2 Å². The van der Waals surface area contributed by atoms with Crippen molar-refractivity contribution < 1.29 is 0 Å². The predicted molar refractivity (Wildman–Crippen MR) is 65.1 cm³/mol. The molecule has 0 fully saturated rings. The van der Waals surface area contributed by atoms with Gasteiger partial charge in [-0.1, -0.05) is 26.8 Å². The molecule has 78 valence electrons. The lowest BCUT2D eigenvalue weighted by molar-refractivity contribution is 1.14. The van der Waals surface area contributed by atoms with E-state index in [1.54, 1.807) is 13.3 Å². The van der Waals surface area contributed by atoms with Crippen LogP contribution in [0.25, 0.3) is 0 Å². The van der Waals surface area contributed by atoms with E-state index in [0.717, 1.165) is 17.7 Å². The fraction of sp³-hybridized carbons (Fsp3) is 0.417. The van der Waals surface area contributed by atoms with Crippen LogP contribution in [0.3, 0.4) is 0 Å². The number of anilines is 1. The van der Waals surface area contributed by atoms with Gasteiger partial charge in [-0.15, -0.1) is 0 Å².